The van der Waals surface area contributed by atoms with Crippen molar-refractivity contribution in [1.29, 1.82) is 0 Å². The fourth-order valence-corrected chi connectivity index (χ4v) is 5.14. The number of rotatable bonds is 4. The van der Waals surface area contributed by atoms with Gasteiger partial charge in [0.05, 0.1) is 0 Å². The van der Waals surface area contributed by atoms with Crippen molar-refractivity contribution < 1.29 is 15.0 Å². The number of halogens is 3. The van der Waals surface area contributed by atoms with Gasteiger partial charge in [-0.15, -0.1) is 12.4 Å². The average Bonchev–Trinajstić information content (AvgIpc) is 2.68. The van der Waals surface area contributed by atoms with E-state index in [1.807, 2.05) is 30.3 Å². The Kier molecular flexibility index (Phi) is 8.46. The van der Waals surface area contributed by atoms with E-state index in [1.165, 1.54) is 5.56 Å². The van der Waals surface area contributed by atoms with E-state index in [0.717, 1.165) is 46.1 Å². The molecule has 0 spiro atoms. The topological polar surface area (TPSA) is 60.8 Å². The summed E-state index contributed by atoms with van der Waals surface area (Å²) in [6, 6.07) is 18.4. The first kappa shape index (κ1) is 24.8. The van der Waals surface area contributed by atoms with E-state index in [2.05, 4.69) is 65.6 Å². The Hall–Kier alpha value is -1.46. The summed E-state index contributed by atoms with van der Waals surface area (Å²) in [7, 11) is 0. The number of benzene rings is 2. The molecule has 0 unspecified atom stereocenters. The fourth-order valence-electron chi connectivity index (χ4n) is 3.09. The second-order valence-corrected chi connectivity index (χ2v) is 9.52. The standard InChI is InChI=1S/C14H8BrN2.C9H10Cl.ClH.Fe.H3N/c1-2-11-7-5-9-3-4-10-6-8-12(15)17-14(10)13(9)16-11;1-7(2)8-4-3-5-9(10)6-8;;;/h3-8H,1H2;3-5,7H,1-2H3;1H;;1H3. The fraction of sp³-hybridized carbons (Fsp3) is 0.130. The molecule has 0 aliphatic rings. The Morgan fingerprint density at radius 3 is 2.23 bits per heavy atom. The van der Waals surface area contributed by atoms with Crippen LogP contribution in [0.15, 0.2) is 65.8 Å². The zero-order chi connectivity index (χ0) is 19.8. The van der Waals surface area contributed by atoms with Crippen LogP contribution in [0.3, 0.4) is 0 Å². The maximum Gasteiger partial charge on any atom is -0.147 e. The van der Waals surface area contributed by atoms with E-state index in [9.17, 15) is 0 Å². The van der Waals surface area contributed by atoms with Gasteiger partial charge in [-0.25, -0.2) is 0 Å². The first-order valence-corrected chi connectivity index (χ1v) is 11.2. The molecule has 3 N–H and O–H groups in total. The van der Waals surface area contributed by atoms with Gasteiger partial charge in [0.15, 0.2) is 0 Å². The van der Waals surface area contributed by atoms with Crippen LogP contribution in [0.25, 0.3) is 26.3 Å². The molecule has 3 nitrogen and oxygen atoms in total. The van der Waals surface area contributed by atoms with Crippen molar-refractivity contribution in [3.05, 3.63) is 82.1 Å². The molecule has 0 saturated carbocycles. The van der Waals surface area contributed by atoms with Crippen molar-refractivity contribution in [2.45, 2.75) is 19.8 Å². The molecular weight excluding hydrogens is 525 g/mol. The minimum atomic E-state index is 0. The number of aromatic nitrogens is 2. The van der Waals surface area contributed by atoms with E-state index < -0.39 is 0 Å². The number of nitrogens with zero attached hydrogens (tertiary/aromatic N) is 2. The number of fused-ring (bicyclic) bond motifs is 3. The van der Waals surface area contributed by atoms with Gasteiger partial charge in [-0.05, 0) is 0 Å². The molecule has 2 heterocycles. The average molecular weight is 547 g/mol. The Balaban J connectivity index is 0.00000160. The molecule has 2 aromatic carbocycles. The molecule has 0 fully saturated rings. The summed E-state index contributed by atoms with van der Waals surface area (Å²) in [6.07, 6.45) is 0. The van der Waals surface area contributed by atoms with Gasteiger partial charge in [0.2, 0.25) is 0 Å². The maximum absolute atomic E-state index is 6.52. The Labute approximate surface area is 202 Å². The van der Waals surface area contributed by atoms with Crippen molar-refractivity contribution in [3.63, 3.8) is 0 Å². The van der Waals surface area contributed by atoms with Gasteiger partial charge in [-0.3, -0.25) is 0 Å². The molecule has 0 amide bonds. The van der Waals surface area contributed by atoms with Crippen molar-refractivity contribution in [2.24, 2.45) is 0 Å². The van der Waals surface area contributed by atoms with Crippen molar-refractivity contribution in [1.82, 2.24) is 16.1 Å². The third-order valence-corrected chi connectivity index (χ3v) is 6.96. The van der Waals surface area contributed by atoms with E-state index in [4.69, 9.17) is 16.6 Å². The summed E-state index contributed by atoms with van der Waals surface area (Å²) in [4.78, 5) is 9.56. The predicted molar refractivity (Wildman–Crippen MR) is 131 cm³/mol. The van der Waals surface area contributed by atoms with Crippen LogP contribution in [-0.2, 0) is 15.0 Å². The van der Waals surface area contributed by atoms with Crippen LogP contribution in [0.4, 0.5) is 0 Å². The summed E-state index contributed by atoms with van der Waals surface area (Å²) in [5.74, 6) is 0.400. The zero-order valence-corrected chi connectivity index (χ0v) is 20.9. The van der Waals surface area contributed by atoms with Crippen molar-refractivity contribution >= 4 is 70.7 Å². The smallest absolute Gasteiger partial charge is 0.147 e. The summed E-state index contributed by atoms with van der Waals surface area (Å²) < 4.78 is 2.88. The summed E-state index contributed by atoms with van der Waals surface area (Å²) >= 11 is 10.7. The van der Waals surface area contributed by atoms with Crippen LogP contribution in [-0.4, -0.2) is 9.97 Å². The maximum atomic E-state index is 6.52. The first-order valence-electron chi connectivity index (χ1n) is 8.90. The minimum Gasteiger partial charge on any atom is -0.344 e. The summed E-state index contributed by atoms with van der Waals surface area (Å²) in [5, 5.41) is 2.92. The zero-order valence-electron chi connectivity index (χ0n) is 16.6. The van der Waals surface area contributed by atoms with Crippen LogP contribution in [0, 0.1) is 0 Å². The molecule has 7 heteroatoms. The minimum absolute atomic E-state index is 0. The van der Waals surface area contributed by atoms with E-state index >= 15 is 0 Å². The molecule has 0 aliphatic carbocycles. The Morgan fingerprint density at radius 2 is 1.57 bits per heavy atom. The molecule has 0 radical (unpaired) electrons. The summed E-state index contributed by atoms with van der Waals surface area (Å²) in [5.41, 5.74) is 3.91. The predicted octanol–water partition coefficient (Wildman–Crippen LogP) is 7.28. The molecule has 0 bridgehead atoms. The molecule has 158 valence electrons. The number of pyridine rings is 2. The molecule has 30 heavy (non-hydrogen) atoms. The van der Waals surface area contributed by atoms with Gasteiger partial charge in [0, 0.05) is 0 Å². The van der Waals surface area contributed by atoms with Gasteiger partial charge >= 0.3 is 185 Å². The Morgan fingerprint density at radius 1 is 0.967 bits per heavy atom. The third kappa shape index (κ3) is 4.88. The van der Waals surface area contributed by atoms with E-state index in [1.54, 1.807) is 0 Å². The van der Waals surface area contributed by atoms with E-state index in [0.29, 0.717) is 20.9 Å². The molecule has 0 saturated heterocycles. The van der Waals surface area contributed by atoms with Gasteiger partial charge in [-0.2, -0.15) is 0 Å². The van der Waals surface area contributed by atoms with Crippen LogP contribution in [0.1, 0.15) is 31.0 Å². The van der Waals surface area contributed by atoms with Crippen LogP contribution in [0.5, 0.6) is 0 Å². The number of hydrogen-bond donors (Lipinski definition) is 1. The van der Waals surface area contributed by atoms with Crippen molar-refractivity contribution in [3.8, 4) is 0 Å². The molecule has 4 rings (SSSR count). The molecule has 4 aromatic rings. The quantitative estimate of drug-likeness (QED) is 0.166. The van der Waals surface area contributed by atoms with Crippen molar-refractivity contribution in [2.75, 3.05) is 0 Å². The third-order valence-electron chi connectivity index (χ3n) is 4.54. The first-order chi connectivity index (χ1) is 13.4. The largest absolute Gasteiger partial charge is 0.344 e. The van der Waals surface area contributed by atoms with Crippen LogP contribution >= 0.6 is 39.9 Å². The van der Waals surface area contributed by atoms with Gasteiger partial charge in [-0.1, -0.05) is 0 Å². The SMILES string of the molecule is C=[C]([Fe][c]1c(Cl)cccc1C(C)C)c1ccc2ccc3ccc(Br)nc3c2n1.Cl.N. The second kappa shape index (κ2) is 10.2. The number of hydrogen-bond acceptors (Lipinski definition) is 3. The monoisotopic (exact) mass is 545 g/mol. The van der Waals surface area contributed by atoms with Gasteiger partial charge in [0.25, 0.3) is 0 Å². The summed E-state index contributed by atoms with van der Waals surface area (Å²) in [6.45, 7) is 8.68. The Bertz CT molecular complexity index is 1230. The van der Waals surface area contributed by atoms with Crippen LogP contribution < -0.4 is 10.6 Å². The molecule has 2 aromatic heterocycles. The van der Waals surface area contributed by atoms with E-state index in [-0.39, 0.29) is 18.6 Å². The molecular formula is C23H22BrCl2FeN3. The molecule has 0 aliphatic heterocycles. The second-order valence-electron chi connectivity index (χ2n) is 6.80. The van der Waals surface area contributed by atoms with Crippen LogP contribution in [0.2, 0.25) is 5.02 Å². The molecule has 0 atom stereocenters. The normalized spacial score (nSPS) is 10.8. The van der Waals surface area contributed by atoms with Gasteiger partial charge < -0.3 is 6.15 Å². The van der Waals surface area contributed by atoms with Gasteiger partial charge in [0.1, 0.15) is 0 Å².